The van der Waals surface area contributed by atoms with Gasteiger partial charge in [-0.25, -0.2) is 4.79 Å². The summed E-state index contributed by atoms with van der Waals surface area (Å²) in [5, 5.41) is 0. The van der Waals surface area contributed by atoms with E-state index in [1.165, 1.54) is 45.0 Å². The van der Waals surface area contributed by atoms with Gasteiger partial charge in [0, 0.05) is 23.1 Å². The lowest BCUT2D eigenvalue weighted by molar-refractivity contribution is -0.137. The molecule has 0 saturated heterocycles. The molecular formula is C30H35NO2. The quantitative estimate of drug-likeness (QED) is 0.204. The van der Waals surface area contributed by atoms with Gasteiger partial charge in [-0.2, -0.15) is 0 Å². The number of hydrogen-bond donors (Lipinski definition) is 0. The van der Waals surface area contributed by atoms with Crippen LogP contribution < -0.4 is 4.90 Å². The molecule has 0 aliphatic heterocycles. The number of nitrogens with zero attached hydrogens (tertiary/aromatic N) is 1. The maximum atomic E-state index is 11.3. The summed E-state index contributed by atoms with van der Waals surface area (Å²) in [6.45, 7) is 16.9. The van der Waals surface area contributed by atoms with Crippen LogP contribution in [0.3, 0.4) is 0 Å². The van der Waals surface area contributed by atoms with Crippen molar-refractivity contribution >= 4 is 23.0 Å². The Morgan fingerprint density at radius 2 is 1.33 bits per heavy atom. The largest absolute Gasteiger partial charge is 0.463 e. The Morgan fingerprint density at radius 1 is 0.818 bits per heavy atom. The Morgan fingerprint density at radius 3 is 1.82 bits per heavy atom. The molecule has 0 unspecified atom stereocenters. The van der Waals surface area contributed by atoms with Crippen LogP contribution in [-0.4, -0.2) is 12.6 Å². The van der Waals surface area contributed by atoms with Crippen LogP contribution in [-0.2, 0) is 16.0 Å². The summed E-state index contributed by atoms with van der Waals surface area (Å²) in [6, 6.07) is 17.7. The molecule has 3 rings (SSSR count). The summed E-state index contributed by atoms with van der Waals surface area (Å²) in [5.74, 6) is -0.370. The van der Waals surface area contributed by atoms with Crippen molar-refractivity contribution in [3.63, 3.8) is 0 Å². The zero-order valence-corrected chi connectivity index (χ0v) is 20.8. The second kappa shape index (κ2) is 10.5. The monoisotopic (exact) mass is 441 g/mol. The van der Waals surface area contributed by atoms with E-state index in [9.17, 15) is 4.79 Å². The first-order valence-corrected chi connectivity index (χ1v) is 11.5. The zero-order valence-electron chi connectivity index (χ0n) is 20.8. The molecule has 0 aliphatic carbocycles. The summed E-state index contributed by atoms with van der Waals surface area (Å²) < 4.78 is 5.14. The maximum absolute atomic E-state index is 11.3. The Labute approximate surface area is 198 Å². The molecule has 3 aromatic rings. The number of ether oxygens (including phenoxy) is 1. The van der Waals surface area contributed by atoms with Crippen LogP contribution in [0.5, 0.6) is 0 Å². The number of benzene rings is 3. The molecule has 3 nitrogen and oxygen atoms in total. The summed E-state index contributed by atoms with van der Waals surface area (Å²) in [4.78, 5) is 13.6. The van der Waals surface area contributed by atoms with Gasteiger partial charge in [0.1, 0.15) is 0 Å². The molecule has 0 fully saturated rings. The van der Waals surface area contributed by atoms with Crippen molar-refractivity contribution in [2.45, 2.75) is 54.4 Å². The van der Waals surface area contributed by atoms with Crippen molar-refractivity contribution in [1.29, 1.82) is 0 Å². The summed E-state index contributed by atoms with van der Waals surface area (Å²) in [6.07, 6.45) is 2.81. The van der Waals surface area contributed by atoms with Crippen LogP contribution in [0.25, 0.3) is 0 Å². The first kappa shape index (κ1) is 24.3. The number of carbonyl (C=O) groups is 1. The normalized spacial score (nSPS) is 10.7. The first-order valence-electron chi connectivity index (χ1n) is 11.5. The second-order valence-electron chi connectivity index (χ2n) is 8.89. The van der Waals surface area contributed by atoms with Crippen molar-refractivity contribution in [1.82, 2.24) is 0 Å². The van der Waals surface area contributed by atoms with Gasteiger partial charge in [0.25, 0.3) is 0 Å². The third kappa shape index (κ3) is 5.73. The number of hydrogen-bond acceptors (Lipinski definition) is 3. The van der Waals surface area contributed by atoms with E-state index in [0.717, 1.165) is 29.9 Å². The number of carbonyl (C=O) groups excluding carboxylic acids is 1. The highest BCUT2D eigenvalue weighted by molar-refractivity contribution is 5.81. The molecule has 3 aromatic carbocycles. The van der Waals surface area contributed by atoms with Crippen LogP contribution in [0.15, 0.2) is 61.2 Å². The molecule has 3 heteroatoms. The fourth-order valence-corrected chi connectivity index (χ4v) is 4.09. The van der Waals surface area contributed by atoms with E-state index in [0.29, 0.717) is 6.61 Å². The molecule has 0 spiro atoms. The van der Waals surface area contributed by atoms with Gasteiger partial charge in [-0.3, -0.25) is 0 Å². The molecule has 0 atom stereocenters. The molecule has 0 radical (unpaired) electrons. The molecular weight excluding hydrogens is 406 g/mol. The number of aryl methyl sites for hydroxylation is 5. The van der Waals surface area contributed by atoms with E-state index >= 15 is 0 Å². The maximum Gasteiger partial charge on any atom is 0.330 e. The minimum atomic E-state index is -0.370. The lowest BCUT2D eigenvalue weighted by atomic mass is 9.99. The summed E-state index contributed by atoms with van der Waals surface area (Å²) in [5.41, 5.74) is 12.5. The molecule has 0 aliphatic rings. The fourth-order valence-electron chi connectivity index (χ4n) is 4.09. The number of anilines is 3. The Balaban J connectivity index is 2.02. The minimum absolute atomic E-state index is 0.370. The Bertz CT molecular complexity index is 1070. The fraction of sp³-hybridized carbons (Fsp3) is 0.300. The predicted octanol–water partition coefficient (Wildman–Crippen LogP) is 7.67. The van der Waals surface area contributed by atoms with Gasteiger partial charge in [-0.15, -0.1) is 0 Å². The lowest BCUT2D eigenvalue weighted by Gasteiger charge is -2.28. The highest BCUT2D eigenvalue weighted by atomic mass is 16.5. The third-order valence-corrected chi connectivity index (χ3v) is 6.53. The van der Waals surface area contributed by atoms with Gasteiger partial charge in [0.05, 0.1) is 6.61 Å². The van der Waals surface area contributed by atoms with E-state index in [1.54, 1.807) is 0 Å². The van der Waals surface area contributed by atoms with Gasteiger partial charge in [-0.05, 0) is 130 Å². The molecule has 0 saturated carbocycles. The van der Waals surface area contributed by atoms with E-state index in [4.69, 9.17) is 4.74 Å². The summed E-state index contributed by atoms with van der Waals surface area (Å²) in [7, 11) is 0. The van der Waals surface area contributed by atoms with Crippen molar-refractivity contribution < 1.29 is 9.53 Å². The molecule has 0 N–H and O–H groups in total. The Hall–Kier alpha value is -3.33. The molecule has 0 aromatic heterocycles. The highest BCUT2D eigenvalue weighted by Crippen LogP contribution is 2.38. The van der Waals surface area contributed by atoms with Gasteiger partial charge in [-0.1, -0.05) is 18.7 Å². The average molecular weight is 442 g/mol. The van der Waals surface area contributed by atoms with Crippen LogP contribution >= 0.6 is 0 Å². The van der Waals surface area contributed by atoms with Crippen LogP contribution in [0, 0.1) is 41.5 Å². The second-order valence-corrected chi connectivity index (χ2v) is 8.89. The average Bonchev–Trinajstić information content (AvgIpc) is 2.79. The van der Waals surface area contributed by atoms with Gasteiger partial charge in [0.2, 0.25) is 0 Å². The SMILES string of the molecule is C=CC(=O)OCCCc1cccc(N(c2cc(C)c(C)c(C)c2)c2cc(C)c(C)c(C)c2)c1. The smallest absolute Gasteiger partial charge is 0.330 e. The van der Waals surface area contributed by atoms with Crippen LogP contribution in [0.4, 0.5) is 17.1 Å². The van der Waals surface area contributed by atoms with E-state index in [1.807, 2.05) is 0 Å². The highest BCUT2D eigenvalue weighted by Gasteiger charge is 2.16. The summed E-state index contributed by atoms with van der Waals surface area (Å²) >= 11 is 0. The first-order chi connectivity index (χ1) is 15.7. The predicted molar refractivity (Wildman–Crippen MR) is 139 cm³/mol. The van der Waals surface area contributed by atoms with Crippen LogP contribution in [0.1, 0.15) is 45.4 Å². The number of rotatable bonds is 8. The van der Waals surface area contributed by atoms with Crippen LogP contribution in [0.2, 0.25) is 0 Å². The van der Waals surface area contributed by atoms with E-state index in [-0.39, 0.29) is 5.97 Å². The minimum Gasteiger partial charge on any atom is -0.463 e. The molecule has 172 valence electrons. The van der Waals surface area contributed by atoms with Gasteiger partial charge < -0.3 is 9.64 Å². The third-order valence-electron chi connectivity index (χ3n) is 6.53. The van der Waals surface area contributed by atoms with Gasteiger partial charge >= 0.3 is 5.97 Å². The molecule has 33 heavy (non-hydrogen) atoms. The zero-order chi connectivity index (χ0) is 24.1. The topological polar surface area (TPSA) is 29.5 Å². The van der Waals surface area contributed by atoms with Crippen molar-refractivity contribution in [3.05, 3.63) is 100 Å². The van der Waals surface area contributed by atoms with Crippen molar-refractivity contribution in [2.24, 2.45) is 0 Å². The van der Waals surface area contributed by atoms with Gasteiger partial charge in [0.15, 0.2) is 0 Å². The molecule has 0 amide bonds. The van der Waals surface area contributed by atoms with E-state index < -0.39 is 0 Å². The standard InChI is InChI=1S/C30H35NO2/c1-8-30(32)33-14-10-12-26-11-9-13-27(19-26)31(28-15-20(2)24(6)21(3)16-28)29-17-22(4)25(7)23(5)18-29/h8-9,11,13,15-19H,1,10,12,14H2,2-7H3. The van der Waals surface area contributed by atoms with Crippen molar-refractivity contribution in [3.8, 4) is 0 Å². The number of esters is 1. The molecule has 0 heterocycles. The van der Waals surface area contributed by atoms with Crippen molar-refractivity contribution in [2.75, 3.05) is 11.5 Å². The van der Waals surface area contributed by atoms with E-state index in [2.05, 4.69) is 102 Å². The molecule has 0 bridgehead atoms. The Kier molecular flexibility index (Phi) is 7.75. The lowest BCUT2D eigenvalue weighted by Crippen LogP contribution is -2.12.